The van der Waals surface area contributed by atoms with Crippen molar-refractivity contribution in [3.63, 3.8) is 0 Å². The summed E-state index contributed by atoms with van der Waals surface area (Å²) >= 11 is 1.91. The van der Waals surface area contributed by atoms with Crippen LogP contribution in [0.2, 0.25) is 0 Å². The standard InChI is InChI=1S/C12H13NOS/c1-3-10-11-9(7(2)15-10)5-4-8-6-13-14-12(8)11/h6H,3-5H2,1-2H3. The average molecular weight is 219 g/mol. The molecular weight excluding hydrogens is 206 g/mol. The Labute approximate surface area is 92.9 Å². The highest BCUT2D eigenvalue weighted by Gasteiger charge is 2.25. The predicted octanol–water partition coefficient (Wildman–Crippen LogP) is 3.37. The van der Waals surface area contributed by atoms with Gasteiger partial charge < -0.3 is 4.52 Å². The van der Waals surface area contributed by atoms with E-state index in [4.69, 9.17) is 4.52 Å². The molecule has 3 heteroatoms. The molecule has 0 radical (unpaired) electrons. The first-order valence-electron chi connectivity index (χ1n) is 5.36. The van der Waals surface area contributed by atoms with Gasteiger partial charge in [0.1, 0.15) is 0 Å². The van der Waals surface area contributed by atoms with E-state index in [2.05, 4.69) is 19.0 Å². The second-order valence-electron chi connectivity index (χ2n) is 3.97. The fraction of sp³-hybridized carbons (Fsp3) is 0.417. The Balaban J connectivity index is 2.30. The second kappa shape index (κ2) is 3.20. The van der Waals surface area contributed by atoms with Gasteiger partial charge in [0, 0.05) is 20.9 Å². The second-order valence-corrected chi connectivity index (χ2v) is 5.28. The minimum Gasteiger partial charge on any atom is -0.356 e. The molecule has 0 bridgehead atoms. The van der Waals surface area contributed by atoms with Gasteiger partial charge in [-0.2, -0.15) is 0 Å². The Morgan fingerprint density at radius 3 is 3.13 bits per heavy atom. The van der Waals surface area contributed by atoms with Crippen molar-refractivity contribution in [3.05, 3.63) is 27.1 Å². The zero-order valence-corrected chi connectivity index (χ0v) is 9.78. The average Bonchev–Trinajstić information content (AvgIpc) is 2.81. The molecule has 0 atom stereocenters. The van der Waals surface area contributed by atoms with Crippen LogP contribution < -0.4 is 0 Å². The van der Waals surface area contributed by atoms with Crippen molar-refractivity contribution >= 4 is 11.3 Å². The third-order valence-electron chi connectivity index (χ3n) is 3.12. The number of aromatic nitrogens is 1. The van der Waals surface area contributed by atoms with Crippen LogP contribution in [0.25, 0.3) is 11.3 Å². The minimum absolute atomic E-state index is 1.03. The SMILES string of the molecule is CCc1sc(C)c2c1-c1oncc1CC2. The molecule has 0 amide bonds. The first kappa shape index (κ1) is 9.16. The van der Waals surface area contributed by atoms with Crippen LogP contribution in [0.5, 0.6) is 0 Å². The fourth-order valence-corrected chi connectivity index (χ4v) is 3.52. The number of fused-ring (bicyclic) bond motifs is 3. The van der Waals surface area contributed by atoms with E-state index in [0.717, 1.165) is 25.0 Å². The molecule has 0 spiro atoms. The largest absolute Gasteiger partial charge is 0.356 e. The van der Waals surface area contributed by atoms with E-state index >= 15 is 0 Å². The Morgan fingerprint density at radius 1 is 1.47 bits per heavy atom. The third kappa shape index (κ3) is 1.19. The monoisotopic (exact) mass is 219 g/mol. The van der Waals surface area contributed by atoms with Crippen molar-refractivity contribution in [1.82, 2.24) is 5.16 Å². The van der Waals surface area contributed by atoms with E-state index in [1.54, 1.807) is 0 Å². The van der Waals surface area contributed by atoms with Gasteiger partial charge in [0.25, 0.3) is 0 Å². The van der Waals surface area contributed by atoms with Crippen LogP contribution in [0.1, 0.15) is 27.8 Å². The molecular formula is C12H13NOS. The highest BCUT2D eigenvalue weighted by molar-refractivity contribution is 7.12. The summed E-state index contributed by atoms with van der Waals surface area (Å²) in [6.07, 6.45) is 5.17. The van der Waals surface area contributed by atoms with Gasteiger partial charge in [-0.05, 0) is 31.7 Å². The molecule has 2 heterocycles. The molecule has 2 aromatic rings. The molecule has 1 aliphatic rings. The van der Waals surface area contributed by atoms with E-state index in [1.165, 1.54) is 26.4 Å². The molecule has 0 fully saturated rings. The van der Waals surface area contributed by atoms with Crippen molar-refractivity contribution in [1.29, 1.82) is 0 Å². The quantitative estimate of drug-likeness (QED) is 0.735. The number of rotatable bonds is 1. The zero-order valence-electron chi connectivity index (χ0n) is 8.96. The predicted molar refractivity (Wildman–Crippen MR) is 61.3 cm³/mol. The Morgan fingerprint density at radius 2 is 2.33 bits per heavy atom. The van der Waals surface area contributed by atoms with Crippen molar-refractivity contribution < 1.29 is 4.52 Å². The number of hydrogen-bond donors (Lipinski definition) is 0. The van der Waals surface area contributed by atoms with Crippen LogP contribution in [0.4, 0.5) is 0 Å². The van der Waals surface area contributed by atoms with E-state index in [1.807, 2.05) is 17.5 Å². The normalized spacial score (nSPS) is 13.7. The fourth-order valence-electron chi connectivity index (χ4n) is 2.36. The number of hydrogen-bond acceptors (Lipinski definition) is 3. The first-order chi connectivity index (χ1) is 7.31. The molecule has 1 aliphatic carbocycles. The molecule has 15 heavy (non-hydrogen) atoms. The maximum Gasteiger partial charge on any atom is 0.171 e. The summed E-state index contributed by atoms with van der Waals surface area (Å²) in [5.74, 6) is 1.03. The summed E-state index contributed by atoms with van der Waals surface area (Å²) < 4.78 is 5.39. The van der Waals surface area contributed by atoms with Gasteiger partial charge in [0.2, 0.25) is 0 Å². The number of thiophene rings is 1. The maximum absolute atomic E-state index is 5.39. The molecule has 0 saturated carbocycles. The summed E-state index contributed by atoms with van der Waals surface area (Å²) in [7, 11) is 0. The molecule has 3 rings (SSSR count). The van der Waals surface area contributed by atoms with Gasteiger partial charge in [-0.1, -0.05) is 12.1 Å². The zero-order chi connectivity index (χ0) is 10.4. The lowest BCUT2D eigenvalue weighted by Crippen LogP contribution is -2.01. The van der Waals surface area contributed by atoms with Crippen molar-refractivity contribution in [2.24, 2.45) is 0 Å². The minimum atomic E-state index is 1.03. The maximum atomic E-state index is 5.39. The highest BCUT2D eigenvalue weighted by Crippen LogP contribution is 2.42. The van der Waals surface area contributed by atoms with Crippen LogP contribution >= 0.6 is 11.3 Å². The summed E-state index contributed by atoms with van der Waals surface area (Å²) in [6.45, 7) is 4.42. The van der Waals surface area contributed by atoms with Crippen LogP contribution in [-0.4, -0.2) is 5.16 Å². The Bertz CT molecular complexity index is 510. The number of aryl methyl sites for hydroxylation is 3. The topological polar surface area (TPSA) is 26.0 Å². The van der Waals surface area contributed by atoms with Crippen molar-refractivity contribution in [2.45, 2.75) is 33.1 Å². The van der Waals surface area contributed by atoms with Crippen LogP contribution in [-0.2, 0) is 19.3 Å². The first-order valence-corrected chi connectivity index (χ1v) is 6.18. The van der Waals surface area contributed by atoms with Gasteiger partial charge in [-0.15, -0.1) is 11.3 Å². The van der Waals surface area contributed by atoms with Crippen LogP contribution in [0.15, 0.2) is 10.7 Å². The van der Waals surface area contributed by atoms with E-state index in [0.29, 0.717) is 0 Å². The van der Waals surface area contributed by atoms with Crippen LogP contribution in [0, 0.1) is 6.92 Å². The van der Waals surface area contributed by atoms with E-state index in [9.17, 15) is 0 Å². The van der Waals surface area contributed by atoms with Crippen molar-refractivity contribution in [2.75, 3.05) is 0 Å². The lowest BCUT2D eigenvalue weighted by molar-refractivity contribution is 0.430. The molecule has 2 nitrogen and oxygen atoms in total. The lowest BCUT2D eigenvalue weighted by atomic mass is 9.91. The summed E-state index contributed by atoms with van der Waals surface area (Å²) in [5, 5.41) is 3.92. The van der Waals surface area contributed by atoms with Crippen LogP contribution in [0.3, 0.4) is 0 Å². The number of nitrogens with zero attached hydrogens (tertiary/aromatic N) is 1. The smallest absolute Gasteiger partial charge is 0.171 e. The van der Waals surface area contributed by atoms with Gasteiger partial charge >= 0.3 is 0 Å². The van der Waals surface area contributed by atoms with E-state index < -0.39 is 0 Å². The van der Waals surface area contributed by atoms with Crippen molar-refractivity contribution in [3.8, 4) is 11.3 Å². The van der Waals surface area contributed by atoms with Gasteiger partial charge in [0.15, 0.2) is 5.76 Å². The van der Waals surface area contributed by atoms with E-state index in [-0.39, 0.29) is 0 Å². The molecule has 0 aromatic carbocycles. The molecule has 0 N–H and O–H groups in total. The molecule has 78 valence electrons. The van der Waals surface area contributed by atoms with Gasteiger partial charge in [0.05, 0.1) is 6.20 Å². The third-order valence-corrected chi connectivity index (χ3v) is 4.41. The highest BCUT2D eigenvalue weighted by atomic mass is 32.1. The molecule has 2 aromatic heterocycles. The Kier molecular flexibility index (Phi) is 1.96. The molecule has 0 saturated heterocycles. The molecule has 0 unspecified atom stereocenters. The van der Waals surface area contributed by atoms with Gasteiger partial charge in [-0.25, -0.2) is 0 Å². The lowest BCUT2D eigenvalue weighted by Gasteiger charge is -2.11. The molecule has 0 aliphatic heterocycles. The summed E-state index contributed by atoms with van der Waals surface area (Å²) in [4.78, 5) is 2.89. The summed E-state index contributed by atoms with van der Waals surface area (Å²) in [6, 6.07) is 0. The Hall–Kier alpha value is -1.09. The van der Waals surface area contributed by atoms with Gasteiger partial charge in [-0.3, -0.25) is 0 Å². The summed E-state index contributed by atoms with van der Waals surface area (Å²) in [5.41, 5.74) is 4.11.